The van der Waals surface area contributed by atoms with Gasteiger partial charge in [0.2, 0.25) is 11.8 Å². The SMILES string of the molecule is O=C(CCNCCc1ccc(Cl)cc1)N(CCNCCc1ccc(O)c2[nH]c(=O)sc12)C1CCC(F)(F)CC1. The molecular weight excluding hydrogens is 546 g/mol. The van der Waals surface area contributed by atoms with Gasteiger partial charge in [0.05, 0.1) is 4.70 Å². The number of phenolic OH excluding ortho intramolecular Hbond substituents is 1. The second kappa shape index (κ2) is 13.7. The standard InChI is InChI=1S/C28H35ClF2N4O3S/c29-21-4-1-19(2-5-21)9-14-32-16-11-24(37)35(22-7-12-28(30,31)13-8-22)18-17-33-15-10-20-3-6-23(36)25-26(20)39-27(38)34-25/h1-6,22,32-33,36H,7-18H2,(H,34,38). The molecule has 1 fully saturated rings. The normalized spacial score (nSPS) is 15.6. The first-order valence-corrected chi connectivity index (χ1v) is 14.6. The number of amides is 1. The van der Waals surface area contributed by atoms with Crippen molar-refractivity contribution < 1.29 is 18.7 Å². The van der Waals surface area contributed by atoms with Crippen LogP contribution in [0.15, 0.2) is 41.2 Å². The van der Waals surface area contributed by atoms with Crippen LogP contribution in [0.25, 0.3) is 10.2 Å². The molecule has 39 heavy (non-hydrogen) atoms. The Balaban J connectivity index is 1.25. The van der Waals surface area contributed by atoms with Crippen molar-refractivity contribution in [3.05, 3.63) is 62.2 Å². The number of thiazole rings is 1. The Morgan fingerprint density at radius 1 is 1.05 bits per heavy atom. The first kappa shape index (κ1) is 29.5. The van der Waals surface area contributed by atoms with Crippen LogP contribution in [0.3, 0.4) is 0 Å². The highest BCUT2D eigenvalue weighted by Gasteiger charge is 2.37. The third-order valence-electron chi connectivity index (χ3n) is 7.21. The van der Waals surface area contributed by atoms with Gasteiger partial charge >= 0.3 is 4.87 Å². The number of nitrogens with zero attached hydrogens (tertiary/aromatic N) is 1. The van der Waals surface area contributed by atoms with E-state index in [0.717, 1.165) is 40.1 Å². The summed E-state index contributed by atoms with van der Waals surface area (Å²) in [5, 5.41) is 17.3. The van der Waals surface area contributed by atoms with Crippen LogP contribution in [0.5, 0.6) is 5.75 Å². The number of rotatable bonds is 13. The fraction of sp³-hybridized carbons (Fsp3) is 0.500. The van der Waals surface area contributed by atoms with Crippen LogP contribution >= 0.6 is 22.9 Å². The number of alkyl halides is 2. The number of aromatic amines is 1. The maximum absolute atomic E-state index is 13.8. The molecule has 0 saturated heterocycles. The molecule has 7 nitrogen and oxygen atoms in total. The van der Waals surface area contributed by atoms with Crippen LogP contribution in [0, 0.1) is 0 Å². The molecule has 1 aromatic heterocycles. The quantitative estimate of drug-likeness (QED) is 0.220. The van der Waals surface area contributed by atoms with Crippen molar-refractivity contribution in [1.29, 1.82) is 0 Å². The number of phenols is 1. The van der Waals surface area contributed by atoms with Crippen molar-refractivity contribution >= 4 is 39.1 Å². The van der Waals surface area contributed by atoms with E-state index in [9.17, 15) is 23.5 Å². The number of carbonyl (C=O) groups excluding carboxylic acids is 1. The summed E-state index contributed by atoms with van der Waals surface area (Å²) in [6.45, 7) is 2.85. The average molecular weight is 581 g/mol. The van der Waals surface area contributed by atoms with Crippen LogP contribution < -0.4 is 15.5 Å². The molecule has 0 spiro atoms. The van der Waals surface area contributed by atoms with E-state index in [0.29, 0.717) is 62.4 Å². The minimum Gasteiger partial charge on any atom is -0.506 e. The smallest absolute Gasteiger partial charge is 0.305 e. The lowest BCUT2D eigenvalue weighted by Gasteiger charge is -2.37. The zero-order chi connectivity index (χ0) is 27.8. The Hall–Kier alpha value is -2.53. The first-order valence-electron chi connectivity index (χ1n) is 13.4. The number of aromatic nitrogens is 1. The van der Waals surface area contributed by atoms with Crippen molar-refractivity contribution in [2.45, 2.75) is 56.9 Å². The molecule has 0 aliphatic heterocycles. The number of hydrogen-bond acceptors (Lipinski definition) is 6. The van der Waals surface area contributed by atoms with E-state index in [2.05, 4.69) is 15.6 Å². The number of halogens is 3. The molecule has 1 amide bonds. The molecule has 2 aromatic carbocycles. The lowest BCUT2D eigenvalue weighted by molar-refractivity contribution is -0.136. The van der Waals surface area contributed by atoms with Gasteiger partial charge in [0, 0.05) is 50.0 Å². The fourth-order valence-corrected chi connectivity index (χ4v) is 6.04. The van der Waals surface area contributed by atoms with Crippen LogP contribution in [0.1, 0.15) is 43.2 Å². The lowest BCUT2D eigenvalue weighted by Crippen LogP contribution is -2.47. The molecule has 4 N–H and O–H groups in total. The number of nitrogens with one attached hydrogen (secondary N) is 3. The first-order chi connectivity index (χ1) is 18.7. The summed E-state index contributed by atoms with van der Waals surface area (Å²) in [6.07, 6.45) is 2.01. The zero-order valence-electron chi connectivity index (χ0n) is 21.8. The second-order valence-electron chi connectivity index (χ2n) is 10.0. The summed E-state index contributed by atoms with van der Waals surface area (Å²) >= 11 is 7.00. The van der Waals surface area contributed by atoms with E-state index in [4.69, 9.17) is 11.6 Å². The molecule has 212 valence electrons. The number of H-pyrrole nitrogens is 1. The minimum absolute atomic E-state index is 0.0247. The van der Waals surface area contributed by atoms with E-state index in [1.54, 1.807) is 17.0 Å². The Kier molecular flexibility index (Phi) is 10.3. The second-order valence-corrected chi connectivity index (χ2v) is 11.4. The third-order valence-corrected chi connectivity index (χ3v) is 8.42. The number of aromatic hydroxyl groups is 1. The molecule has 0 atom stereocenters. The largest absolute Gasteiger partial charge is 0.506 e. The van der Waals surface area contributed by atoms with E-state index in [1.165, 1.54) is 0 Å². The van der Waals surface area contributed by atoms with Crippen LogP contribution in [0.4, 0.5) is 8.78 Å². The van der Waals surface area contributed by atoms with Crippen LogP contribution in [-0.4, -0.2) is 65.6 Å². The van der Waals surface area contributed by atoms with Crippen LogP contribution in [0.2, 0.25) is 5.02 Å². The number of benzene rings is 2. The van der Waals surface area contributed by atoms with Crippen LogP contribution in [-0.2, 0) is 17.6 Å². The predicted octanol–water partition coefficient (Wildman–Crippen LogP) is 4.71. The molecule has 1 aliphatic rings. The molecule has 0 bridgehead atoms. The highest BCUT2D eigenvalue weighted by atomic mass is 35.5. The van der Waals surface area contributed by atoms with Gasteiger partial charge in [-0.3, -0.25) is 9.59 Å². The van der Waals surface area contributed by atoms with Gasteiger partial charge in [0.1, 0.15) is 11.3 Å². The monoisotopic (exact) mass is 580 g/mol. The van der Waals surface area contributed by atoms with Gasteiger partial charge in [-0.2, -0.15) is 0 Å². The molecule has 1 saturated carbocycles. The summed E-state index contributed by atoms with van der Waals surface area (Å²) in [4.78, 5) is 29.1. The molecule has 1 aliphatic carbocycles. The Morgan fingerprint density at radius 3 is 2.49 bits per heavy atom. The summed E-state index contributed by atoms with van der Waals surface area (Å²) < 4.78 is 28.3. The lowest BCUT2D eigenvalue weighted by atomic mass is 9.91. The van der Waals surface area contributed by atoms with E-state index in [-0.39, 0.29) is 35.4 Å². The Labute approximate surface area is 235 Å². The summed E-state index contributed by atoms with van der Waals surface area (Å²) in [6, 6.07) is 10.9. The van der Waals surface area contributed by atoms with Crippen molar-refractivity contribution in [2.75, 3.05) is 32.7 Å². The molecule has 3 aromatic rings. The van der Waals surface area contributed by atoms with Gasteiger partial charge < -0.3 is 25.6 Å². The molecular formula is C28H35ClF2N4O3S. The minimum atomic E-state index is -2.65. The van der Waals surface area contributed by atoms with Gasteiger partial charge in [-0.25, -0.2) is 8.78 Å². The van der Waals surface area contributed by atoms with Gasteiger partial charge in [0.15, 0.2) is 0 Å². The molecule has 1 heterocycles. The molecule has 11 heteroatoms. The van der Waals surface area contributed by atoms with Gasteiger partial charge in [-0.05, 0) is 68.1 Å². The van der Waals surface area contributed by atoms with Crippen molar-refractivity contribution in [3.63, 3.8) is 0 Å². The number of carbonyl (C=O) groups is 1. The topological polar surface area (TPSA) is 97.5 Å². The third kappa shape index (κ3) is 8.48. The van der Waals surface area contributed by atoms with E-state index < -0.39 is 5.92 Å². The van der Waals surface area contributed by atoms with Gasteiger partial charge in [-0.1, -0.05) is 41.1 Å². The molecule has 4 rings (SSSR count). The number of hydrogen-bond donors (Lipinski definition) is 4. The Bertz CT molecular complexity index is 1290. The van der Waals surface area contributed by atoms with Gasteiger partial charge in [0.25, 0.3) is 0 Å². The highest BCUT2D eigenvalue weighted by Crippen LogP contribution is 2.35. The fourth-order valence-electron chi connectivity index (χ4n) is 5.01. The number of fused-ring (bicyclic) bond motifs is 1. The highest BCUT2D eigenvalue weighted by molar-refractivity contribution is 7.16. The summed E-state index contributed by atoms with van der Waals surface area (Å²) in [7, 11) is 0. The maximum Gasteiger partial charge on any atom is 0.305 e. The molecule has 0 radical (unpaired) electrons. The van der Waals surface area contributed by atoms with Crippen molar-refractivity contribution in [1.82, 2.24) is 20.5 Å². The van der Waals surface area contributed by atoms with E-state index >= 15 is 0 Å². The predicted molar refractivity (Wildman–Crippen MR) is 152 cm³/mol. The van der Waals surface area contributed by atoms with Crippen molar-refractivity contribution in [3.8, 4) is 5.75 Å². The summed E-state index contributed by atoms with van der Waals surface area (Å²) in [5.41, 5.74) is 2.56. The summed E-state index contributed by atoms with van der Waals surface area (Å²) in [5.74, 6) is -2.62. The molecule has 0 unspecified atom stereocenters. The maximum atomic E-state index is 13.8. The van der Waals surface area contributed by atoms with E-state index in [1.807, 2.05) is 24.3 Å². The average Bonchev–Trinajstić information content (AvgIpc) is 3.31. The zero-order valence-corrected chi connectivity index (χ0v) is 23.4. The van der Waals surface area contributed by atoms with Crippen molar-refractivity contribution in [2.24, 2.45) is 0 Å². The Morgan fingerprint density at radius 2 is 1.74 bits per heavy atom. The van der Waals surface area contributed by atoms with Gasteiger partial charge in [-0.15, -0.1) is 0 Å².